The molecule has 0 N–H and O–H groups in total. The first-order valence-electron chi connectivity index (χ1n) is 10.3. The summed E-state index contributed by atoms with van der Waals surface area (Å²) in [6.07, 6.45) is 3.34. The van der Waals surface area contributed by atoms with Crippen LogP contribution in [0.3, 0.4) is 0 Å². The minimum atomic E-state index is -0.948. The van der Waals surface area contributed by atoms with Gasteiger partial charge in [0.1, 0.15) is 11.6 Å². The van der Waals surface area contributed by atoms with Crippen LogP contribution in [0.5, 0.6) is 0 Å². The molecule has 0 fully saturated rings. The third-order valence-electron chi connectivity index (χ3n) is 5.22. The molecule has 6 heteroatoms. The average molecular weight is 449 g/mol. The number of aromatic nitrogens is 1. The first kappa shape index (κ1) is 22.5. The Morgan fingerprint density at radius 2 is 1.64 bits per heavy atom. The van der Waals surface area contributed by atoms with Gasteiger partial charge in [-0.2, -0.15) is 0 Å². The van der Waals surface area contributed by atoms with E-state index in [1.807, 2.05) is 6.07 Å². The normalized spacial score (nSPS) is 10.8. The second-order valence-corrected chi connectivity index (χ2v) is 7.51. The molecule has 3 aromatic carbocycles. The van der Waals surface area contributed by atoms with E-state index in [9.17, 15) is 17.6 Å². The minimum absolute atomic E-state index is 0.111. The van der Waals surface area contributed by atoms with Gasteiger partial charge in [0.15, 0.2) is 11.6 Å². The molecule has 4 aromatic rings. The van der Waals surface area contributed by atoms with Crippen LogP contribution < -0.4 is 0 Å². The Labute approximate surface area is 188 Å². The number of nitrogens with zero attached hydrogens (tertiary/aromatic N) is 1. The molecule has 1 heterocycles. The van der Waals surface area contributed by atoms with E-state index in [0.717, 1.165) is 24.5 Å². The Kier molecular flexibility index (Phi) is 6.71. The number of halogens is 4. The third kappa shape index (κ3) is 5.05. The number of fused-ring (bicyclic) bond motifs is 1. The van der Waals surface area contributed by atoms with Crippen LogP contribution in [-0.4, -0.2) is 18.7 Å². The van der Waals surface area contributed by atoms with Gasteiger partial charge in [0.2, 0.25) is 0 Å². The molecule has 0 spiro atoms. The fourth-order valence-corrected chi connectivity index (χ4v) is 3.48. The number of rotatable bonds is 5. The molecule has 0 saturated carbocycles. The third-order valence-corrected chi connectivity index (χ3v) is 5.22. The second-order valence-electron chi connectivity index (χ2n) is 7.51. The largest absolute Gasteiger partial charge is 0.385 e. The molecule has 1 aromatic heterocycles. The van der Waals surface area contributed by atoms with Crippen molar-refractivity contribution in [2.75, 3.05) is 13.7 Å². The Morgan fingerprint density at radius 1 is 0.848 bits per heavy atom. The Balaban J connectivity index is 1.58. The molecular weight excluding hydrogens is 430 g/mol. The Hall–Kier alpha value is -3.69. The highest BCUT2D eigenvalue weighted by molar-refractivity contribution is 5.84. The minimum Gasteiger partial charge on any atom is -0.385 e. The number of hydrogen-bond donors (Lipinski definition) is 0. The Bertz CT molecular complexity index is 1350. The van der Waals surface area contributed by atoms with Gasteiger partial charge in [-0.05, 0) is 60.2 Å². The highest BCUT2D eigenvalue weighted by Crippen LogP contribution is 2.24. The van der Waals surface area contributed by atoms with Gasteiger partial charge in [-0.1, -0.05) is 30.0 Å². The number of benzene rings is 3. The number of methoxy groups -OCH3 is 1. The van der Waals surface area contributed by atoms with E-state index in [1.165, 1.54) is 36.4 Å². The molecule has 0 saturated heterocycles. The zero-order valence-corrected chi connectivity index (χ0v) is 17.8. The van der Waals surface area contributed by atoms with Gasteiger partial charge in [-0.25, -0.2) is 17.6 Å². The molecule has 166 valence electrons. The topological polar surface area (TPSA) is 22.1 Å². The summed E-state index contributed by atoms with van der Waals surface area (Å²) in [5, 5.41) is 0.549. The van der Waals surface area contributed by atoms with Crippen molar-refractivity contribution in [2.45, 2.75) is 12.8 Å². The van der Waals surface area contributed by atoms with Crippen molar-refractivity contribution in [1.82, 2.24) is 4.98 Å². The number of ether oxygens (including phenoxy) is 1. The van der Waals surface area contributed by atoms with Crippen LogP contribution in [0, 0.1) is 35.1 Å². The molecule has 0 atom stereocenters. The maximum atomic E-state index is 14.7. The summed E-state index contributed by atoms with van der Waals surface area (Å²) in [5.74, 6) is 1.68. The van der Waals surface area contributed by atoms with Crippen LogP contribution in [-0.2, 0) is 11.2 Å². The maximum Gasteiger partial charge on any atom is 0.166 e. The van der Waals surface area contributed by atoms with Gasteiger partial charge in [0, 0.05) is 36.4 Å². The lowest BCUT2D eigenvalue weighted by Crippen LogP contribution is -1.96. The van der Waals surface area contributed by atoms with Crippen LogP contribution in [0.2, 0.25) is 0 Å². The van der Waals surface area contributed by atoms with Gasteiger partial charge in [0.05, 0.1) is 11.3 Å². The maximum absolute atomic E-state index is 14.7. The lowest BCUT2D eigenvalue weighted by atomic mass is 10.0. The molecule has 0 unspecified atom stereocenters. The van der Waals surface area contributed by atoms with Crippen molar-refractivity contribution in [3.05, 3.63) is 101 Å². The van der Waals surface area contributed by atoms with Crippen LogP contribution in [0.25, 0.3) is 22.0 Å². The zero-order chi connectivity index (χ0) is 23.4. The van der Waals surface area contributed by atoms with E-state index in [-0.39, 0.29) is 10.9 Å². The summed E-state index contributed by atoms with van der Waals surface area (Å²) < 4.78 is 61.5. The van der Waals surface area contributed by atoms with E-state index >= 15 is 0 Å². The van der Waals surface area contributed by atoms with E-state index in [4.69, 9.17) is 4.74 Å². The van der Waals surface area contributed by atoms with Crippen molar-refractivity contribution in [1.29, 1.82) is 0 Å². The predicted molar refractivity (Wildman–Crippen MR) is 120 cm³/mol. The molecule has 0 radical (unpaired) electrons. The summed E-state index contributed by atoms with van der Waals surface area (Å²) in [7, 11) is 1.64. The predicted octanol–water partition coefficient (Wildman–Crippen LogP) is 6.44. The van der Waals surface area contributed by atoms with Gasteiger partial charge >= 0.3 is 0 Å². The fraction of sp³-hybridized carbons (Fsp3) is 0.148. The first-order valence-corrected chi connectivity index (χ1v) is 10.3. The quantitative estimate of drug-likeness (QED) is 0.199. The summed E-state index contributed by atoms with van der Waals surface area (Å²) in [5.41, 5.74) is 1.81. The molecule has 0 bridgehead atoms. The van der Waals surface area contributed by atoms with E-state index in [0.29, 0.717) is 28.8 Å². The van der Waals surface area contributed by atoms with E-state index in [1.54, 1.807) is 19.4 Å². The van der Waals surface area contributed by atoms with E-state index < -0.39 is 23.3 Å². The van der Waals surface area contributed by atoms with Gasteiger partial charge in [-0.3, -0.25) is 4.98 Å². The van der Waals surface area contributed by atoms with Crippen LogP contribution in [0.1, 0.15) is 23.1 Å². The Morgan fingerprint density at radius 3 is 2.33 bits per heavy atom. The lowest BCUT2D eigenvalue weighted by Gasteiger charge is -2.06. The highest BCUT2D eigenvalue weighted by Gasteiger charge is 2.12. The van der Waals surface area contributed by atoms with Crippen molar-refractivity contribution in [3.63, 3.8) is 0 Å². The number of hydrogen-bond acceptors (Lipinski definition) is 2. The second kappa shape index (κ2) is 9.85. The summed E-state index contributed by atoms with van der Waals surface area (Å²) in [6.45, 7) is 0.648. The molecule has 0 aliphatic heterocycles. The van der Waals surface area contributed by atoms with Crippen molar-refractivity contribution in [3.8, 4) is 23.1 Å². The lowest BCUT2D eigenvalue weighted by molar-refractivity contribution is 0.195. The summed E-state index contributed by atoms with van der Waals surface area (Å²) in [4.78, 5) is 4.31. The monoisotopic (exact) mass is 449 g/mol. The molecule has 0 aliphatic rings. The highest BCUT2D eigenvalue weighted by atomic mass is 19.2. The van der Waals surface area contributed by atoms with Gasteiger partial charge < -0.3 is 4.74 Å². The zero-order valence-electron chi connectivity index (χ0n) is 17.8. The molecule has 0 amide bonds. The molecular formula is C27H19F4NO. The summed E-state index contributed by atoms with van der Waals surface area (Å²) in [6, 6.07) is 12.8. The fourth-order valence-electron chi connectivity index (χ4n) is 3.48. The van der Waals surface area contributed by atoms with Crippen molar-refractivity contribution in [2.24, 2.45) is 0 Å². The number of aryl methyl sites for hydroxylation is 1. The molecule has 2 nitrogen and oxygen atoms in total. The van der Waals surface area contributed by atoms with Crippen LogP contribution in [0.15, 0.2) is 60.8 Å². The van der Waals surface area contributed by atoms with Crippen molar-refractivity contribution < 1.29 is 22.3 Å². The molecule has 4 rings (SSSR count). The van der Waals surface area contributed by atoms with Gasteiger partial charge in [0.25, 0.3) is 0 Å². The molecule has 0 aliphatic carbocycles. The van der Waals surface area contributed by atoms with Crippen LogP contribution >= 0.6 is 0 Å². The number of pyridine rings is 1. The van der Waals surface area contributed by atoms with Crippen molar-refractivity contribution >= 4 is 10.8 Å². The standard InChI is InChI=1S/C27H19F4NO/c1-33-12-2-3-18-6-11-26(32-16-18)20-14-24(29)22(25(30)15-20)9-5-17-4-8-21-19(13-17)7-10-23(28)27(21)31/h4,6-8,10-11,13-16H,2-3,12H2,1H3. The molecule has 33 heavy (non-hydrogen) atoms. The van der Waals surface area contributed by atoms with Crippen LogP contribution in [0.4, 0.5) is 17.6 Å². The summed E-state index contributed by atoms with van der Waals surface area (Å²) >= 11 is 0. The SMILES string of the molecule is COCCCc1ccc(-c2cc(F)c(C#Cc3ccc4c(F)c(F)ccc4c3)c(F)c2)nc1. The van der Waals surface area contributed by atoms with E-state index in [2.05, 4.69) is 16.8 Å². The first-order chi connectivity index (χ1) is 16.0. The smallest absolute Gasteiger partial charge is 0.166 e. The van der Waals surface area contributed by atoms with Gasteiger partial charge in [-0.15, -0.1) is 0 Å². The average Bonchev–Trinajstić information content (AvgIpc) is 2.81.